The SMILES string of the molecule is CC[C@H](C(=O)NCC(C)C)N(Cc1cccc(OC)c1)C(=O)Cc1ccc(C)c(C)c1. The third kappa shape index (κ3) is 7.12. The van der Waals surface area contributed by atoms with Gasteiger partial charge in [-0.1, -0.05) is 51.1 Å². The maximum atomic E-state index is 13.4. The highest BCUT2D eigenvalue weighted by molar-refractivity contribution is 5.88. The van der Waals surface area contributed by atoms with Crippen molar-refractivity contribution in [2.75, 3.05) is 13.7 Å². The highest BCUT2D eigenvalue weighted by Crippen LogP contribution is 2.19. The fourth-order valence-corrected chi connectivity index (χ4v) is 3.50. The van der Waals surface area contributed by atoms with Crippen LogP contribution in [0.1, 0.15) is 49.4 Å². The number of carbonyl (C=O) groups is 2. The number of rotatable bonds is 10. The van der Waals surface area contributed by atoms with Crippen LogP contribution in [0.25, 0.3) is 0 Å². The van der Waals surface area contributed by atoms with Crippen LogP contribution in [0.5, 0.6) is 5.75 Å². The molecule has 0 aliphatic heterocycles. The van der Waals surface area contributed by atoms with Gasteiger partial charge in [0.15, 0.2) is 0 Å². The van der Waals surface area contributed by atoms with E-state index >= 15 is 0 Å². The van der Waals surface area contributed by atoms with Gasteiger partial charge in [0.2, 0.25) is 11.8 Å². The van der Waals surface area contributed by atoms with Crippen LogP contribution in [0.4, 0.5) is 0 Å². The van der Waals surface area contributed by atoms with E-state index in [4.69, 9.17) is 4.74 Å². The summed E-state index contributed by atoms with van der Waals surface area (Å²) < 4.78 is 5.33. The molecule has 5 heteroatoms. The van der Waals surface area contributed by atoms with Gasteiger partial charge < -0.3 is 15.0 Å². The molecular formula is C26H36N2O3. The molecule has 31 heavy (non-hydrogen) atoms. The Bertz CT molecular complexity index is 892. The number of benzene rings is 2. The molecule has 0 aliphatic rings. The predicted molar refractivity (Wildman–Crippen MR) is 125 cm³/mol. The molecule has 0 saturated heterocycles. The van der Waals surface area contributed by atoms with Gasteiger partial charge in [0.1, 0.15) is 11.8 Å². The summed E-state index contributed by atoms with van der Waals surface area (Å²) in [7, 11) is 1.62. The van der Waals surface area contributed by atoms with Gasteiger partial charge in [-0.15, -0.1) is 0 Å². The lowest BCUT2D eigenvalue weighted by atomic mass is 10.0. The highest BCUT2D eigenvalue weighted by Gasteiger charge is 2.28. The van der Waals surface area contributed by atoms with Crippen LogP contribution >= 0.6 is 0 Å². The second-order valence-corrected chi connectivity index (χ2v) is 8.53. The van der Waals surface area contributed by atoms with Crippen LogP contribution in [-0.2, 0) is 22.6 Å². The van der Waals surface area contributed by atoms with Gasteiger partial charge in [-0.2, -0.15) is 0 Å². The minimum Gasteiger partial charge on any atom is -0.497 e. The molecule has 1 N–H and O–H groups in total. The average Bonchev–Trinajstić information content (AvgIpc) is 2.74. The van der Waals surface area contributed by atoms with Crippen molar-refractivity contribution in [3.63, 3.8) is 0 Å². The maximum Gasteiger partial charge on any atom is 0.242 e. The molecule has 0 bridgehead atoms. The number of aryl methyl sites for hydroxylation is 2. The molecule has 0 unspecified atom stereocenters. The molecule has 168 valence electrons. The van der Waals surface area contributed by atoms with Crippen molar-refractivity contribution in [3.8, 4) is 5.75 Å². The van der Waals surface area contributed by atoms with Gasteiger partial charge in [-0.25, -0.2) is 0 Å². The van der Waals surface area contributed by atoms with Crippen LogP contribution in [0.15, 0.2) is 42.5 Å². The first-order valence-corrected chi connectivity index (χ1v) is 11.0. The highest BCUT2D eigenvalue weighted by atomic mass is 16.5. The van der Waals surface area contributed by atoms with E-state index in [1.54, 1.807) is 12.0 Å². The van der Waals surface area contributed by atoms with Crippen molar-refractivity contribution in [2.24, 2.45) is 5.92 Å². The number of hydrogen-bond donors (Lipinski definition) is 1. The number of amides is 2. The quantitative estimate of drug-likeness (QED) is 0.614. The number of ether oxygens (including phenoxy) is 1. The summed E-state index contributed by atoms with van der Waals surface area (Å²) in [5.41, 5.74) is 4.25. The van der Waals surface area contributed by atoms with Gasteiger partial charge in [0, 0.05) is 13.1 Å². The Labute approximate surface area is 186 Å². The van der Waals surface area contributed by atoms with Crippen LogP contribution in [-0.4, -0.2) is 36.4 Å². The largest absolute Gasteiger partial charge is 0.497 e. The lowest BCUT2D eigenvalue weighted by molar-refractivity contribution is -0.141. The molecule has 0 spiro atoms. The Morgan fingerprint density at radius 1 is 1.03 bits per heavy atom. The third-order valence-corrected chi connectivity index (χ3v) is 5.48. The van der Waals surface area contributed by atoms with E-state index in [9.17, 15) is 9.59 Å². The van der Waals surface area contributed by atoms with E-state index in [0.717, 1.165) is 22.4 Å². The van der Waals surface area contributed by atoms with Gasteiger partial charge in [0.05, 0.1) is 13.5 Å². The fourth-order valence-electron chi connectivity index (χ4n) is 3.50. The van der Waals surface area contributed by atoms with Gasteiger partial charge in [0.25, 0.3) is 0 Å². The van der Waals surface area contributed by atoms with Crippen molar-refractivity contribution in [3.05, 3.63) is 64.7 Å². The summed E-state index contributed by atoms with van der Waals surface area (Å²) in [5, 5.41) is 3.00. The van der Waals surface area contributed by atoms with E-state index in [1.165, 1.54) is 5.56 Å². The smallest absolute Gasteiger partial charge is 0.242 e. The molecule has 0 saturated carbocycles. The molecule has 0 fully saturated rings. The molecular weight excluding hydrogens is 388 g/mol. The van der Waals surface area contributed by atoms with E-state index in [-0.39, 0.29) is 18.2 Å². The molecule has 0 aromatic heterocycles. The Kier molecular flexibility index (Phi) is 9.10. The second kappa shape index (κ2) is 11.5. The van der Waals surface area contributed by atoms with Crippen molar-refractivity contribution >= 4 is 11.8 Å². The number of carbonyl (C=O) groups excluding carboxylic acids is 2. The molecule has 0 radical (unpaired) electrons. The number of hydrogen-bond acceptors (Lipinski definition) is 3. The average molecular weight is 425 g/mol. The number of methoxy groups -OCH3 is 1. The molecule has 2 aromatic carbocycles. The van der Waals surface area contributed by atoms with Gasteiger partial charge in [-0.05, 0) is 60.6 Å². The molecule has 2 amide bonds. The van der Waals surface area contributed by atoms with Crippen molar-refractivity contribution in [1.29, 1.82) is 0 Å². The summed E-state index contributed by atoms with van der Waals surface area (Å²) in [6.07, 6.45) is 0.811. The second-order valence-electron chi connectivity index (χ2n) is 8.53. The third-order valence-electron chi connectivity index (χ3n) is 5.48. The van der Waals surface area contributed by atoms with Gasteiger partial charge >= 0.3 is 0 Å². The molecule has 0 aliphatic carbocycles. The summed E-state index contributed by atoms with van der Waals surface area (Å²) in [6, 6.07) is 13.2. The summed E-state index contributed by atoms with van der Waals surface area (Å²) in [5.74, 6) is 0.918. The zero-order chi connectivity index (χ0) is 23.0. The standard InChI is InChI=1S/C26H36N2O3/c1-7-24(26(30)27-16-18(2)3)28(17-22-9-8-10-23(14-22)31-6)25(29)15-21-12-11-19(4)20(5)13-21/h8-14,18,24H,7,15-17H2,1-6H3,(H,27,30)/t24-/m1/s1. The maximum absolute atomic E-state index is 13.4. The first-order chi connectivity index (χ1) is 14.7. The molecule has 2 rings (SSSR count). The fraction of sp³-hybridized carbons (Fsp3) is 0.462. The Balaban J connectivity index is 2.30. The minimum atomic E-state index is -0.524. The lowest BCUT2D eigenvalue weighted by Gasteiger charge is -2.31. The molecule has 5 nitrogen and oxygen atoms in total. The van der Waals surface area contributed by atoms with Crippen LogP contribution in [0, 0.1) is 19.8 Å². The zero-order valence-corrected chi connectivity index (χ0v) is 19.7. The normalized spacial score (nSPS) is 11.8. The summed E-state index contributed by atoms with van der Waals surface area (Å²) >= 11 is 0. The molecule has 1 atom stereocenters. The Morgan fingerprint density at radius 2 is 1.77 bits per heavy atom. The predicted octanol–water partition coefficient (Wildman–Crippen LogP) is 4.43. The topological polar surface area (TPSA) is 58.6 Å². The van der Waals surface area contributed by atoms with Crippen LogP contribution < -0.4 is 10.1 Å². The molecule has 2 aromatic rings. The Morgan fingerprint density at radius 3 is 2.39 bits per heavy atom. The van der Waals surface area contributed by atoms with Gasteiger partial charge in [-0.3, -0.25) is 9.59 Å². The first kappa shape index (κ1) is 24.4. The monoisotopic (exact) mass is 424 g/mol. The van der Waals surface area contributed by atoms with E-state index in [0.29, 0.717) is 25.4 Å². The molecule has 0 heterocycles. The summed E-state index contributed by atoms with van der Waals surface area (Å²) in [6.45, 7) is 11.1. The number of nitrogens with one attached hydrogen (secondary N) is 1. The lowest BCUT2D eigenvalue weighted by Crippen LogP contribution is -2.50. The summed E-state index contributed by atoms with van der Waals surface area (Å²) in [4.78, 5) is 28.1. The van der Waals surface area contributed by atoms with E-state index in [2.05, 4.69) is 32.2 Å². The van der Waals surface area contributed by atoms with Crippen LogP contribution in [0.2, 0.25) is 0 Å². The Hall–Kier alpha value is -2.82. The van der Waals surface area contributed by atoms with E-state index < -0.39 is 6.04 Å². The number of nitrogens with zero attached hydrogens (tertiary/aromatic N) is 1. The zero-order valence-electron chi connectivity index (χ0n) is 19.7. The van der Waals surface area contributed by atoms with Crippen molar-refractivity contribution in [1.82, 2.24) is 10.2 Å². The van der Waals surface area contributed by atoms with Crippen molar-refractivity contribution in [2.45, 2.75) is 60.0 Å². The minimum absolute atomic E-state index is 0.0578. The van der Waals surface area contributed by atoms with Crippen LogP contribution in [0.3, 0.4) is 0 Å². The van der Waals surface area contributed by atoms with E-state index in [1.807, 2.05) is 50.2 Å². The first-order valence-electron chi connectivity index (χ1n) is 11.0. The van der Waals surface area contributed by atoms with Crippen molar-refractivity contribution < 1.29 is 14.3 Å².